The van der Waals surface area contributed by atoms with Gasteiger partial charge in [0.25, 0.3) is 5.91 Å². The Hall–Kier alpha value is -1.99. The molecule has 1 aromatic heterocycles. The van der Waals surface area contributed by atoms with Crippen molar-refractivity contribution in [1.82, 2.24) is 14.8 Å². The van der Waals surface area contributed by atoms with Crippen LogP contribution in [0.25, 0.3) is 11.4 Å². The Bertz CT molecular complexity index is 734. The maximum atomic E-state index is 14.2. The molecule has 0 aliphatic carbocycles. The molecule has 0 fully saturated rings. The number of ether oxygens (including phenoxy) is 2. The summed E-state index contributed by atoms with van der Waals surface area (Å²) in [6.45, 7) is 6.39. The highest BCUT2D eigenvalue weighted by molar-refractivity contribution is 6.20. The molecule has 0 atom stereocenters. The van der Waals surface area contributed by atoms with Crippen LogP contribution < -0.4 is 4.74 Å². The van der Waals surface area contributed by atoms with Crippen molar-refractivity contribution in [3.8, 4) is 17.4 Å². The lowest BCUT2D eigenvalue weighted by molar-refractivity contribution is 0.0750. The highest BCUT2D eigenvalue weighted by Crippen LogP contribution is 2.27. The number of carbonyl (C=O) groups is 1. The topological polar surface area (TPSA) is 66.2 Å². The number of nitrogens with zero attached hydrogens (tertiary/aromatic N) is 3. The van der Waals surface area contributed by atoms with Crippen LogP contribution in [-0.2, 0) is 4.74 Å². The molecule has 0 amide bonds. The van der Waals surface area contributed by atoms with Gasteiger partial charge in [-0.2, -0.15) is 9.67 Å². The summed E-state index contributed by atoms with van der Waals surface area (Å²) < 4.78 is 25.8. The van der Waals surface area contributed by atoms with Crippen molar-refractivity contribution < 1.29 is 18.7 Å². The van der Waals surface area contributed by atoms with E-state index in [1.54, 1.807) is 26.0 Å². The van der Waals surface area contributed by atoms with Gasteiger partial charge in [-0.1, -0.05) is 12.1 Å². The molecule has 6 nitrogen and oxygen atoms in total. The lowest BCUT2D eigenvalue weighted by atomic mass is 9.95. The van der Waals surface area contributed by atoms with Crippen molar-refractivity contribution in [2.24, 2.45) is 5.41 Å². The molecular formula is C17H21ClFN3O3. The second kappa shape index (κ2) is 8.40. The van der Waals surface area contributed by atoms with E-state index in [0.717, 1.165) is 4.68 Å². The lowest BCUT2D eigenvalue weighted by Crippen LogP contribution is -2.32. The van der Waals surface area contributed by atoms with Gasteiger partial charge in [-0.15, -0.1) is 16.7 Å². The summed E-state index contributed by atoms with van der Waals surface area (Å²) in [6, 6.07) is 6.02. The fourth-order valence-corrected chi connectivity index (χ4v) is 2.11. The lowest BCUT2D eigenvalue weighted by Gasteiger charge is -2.19. The number of rotatable bonds is 8. The van der Waals surface area contributed by atoms with Crippen LogP contribution in [0, 0.1) is 11.2 Å². The van der Waals surface area contributed by atoms with E-state index in [1.165, 1.54) is 12.1 Å². The van der Waals surface area contributed by atoms with Crippen LogP contribution >= 0.6 is 11.6 Å². The van der Waals surface area contributed by atoms with E-state index in [1.807, 2.05) is 6.92 Å². The largest absolute Gasteiger partial charge is 0.460 e. The van der Waals surface area contributed by atoms with Gasteiger partial charge in [0.15, 0.2) is 5.82 Å². The number of halogens is 2. The third-order valence-electron chi connectivity index (χ3n) is 3.47. The maximum Gasteiger partial charge on any atom is 0.336 e. The number of hydrogen-bond donors (Lipinski definition) is 0. The monoisotopic (exact) mass is 369 g/mol. The van der Waals surface area contributed by atoms with Crippen LogP contribution in [0.4, 0.5) is 4.39 Å². The fraction of sp³-hybridized carbons (Fsp3) is 0.471. The molecule has 0 saturated heterocycles. The zero-order valence-corrected chi connectivity index (χ0v) is 15.2. The van der Waals surface area contributed by atoms with E-state index in [4.69, 9.17) is 21.1 Å². The highest BCUT2D eigenvalue weighted by atomic mass is 35.5. The molecule has 2 aromatic rings. The Labute approximate surface area is 150 Å². The molecule has 136 valence electrons. The fourth-order valence-electron chi connectivity index (χ4n) is 1.99. The minimum atomic E-state index is -0.891. The van der Waals surface area contributed by atoms with Gasteiger partial charge in [-0.25, -0.2) is 4.39 Å². The highest BCUT2D eigenvalue weighted by Gasteiger charge is 2.32. The molecule has 0 aliphatic rings. The van der Waals surface area contributed by atoms with Crippen molar-refractivity contribution in [3.63, 3.8) is 0 Å². The van der Waals surface area contributed by atoms with Crippen molar-refractivity contribution in [3.05, 3.63) is 30.1 Å². The first kappa shape index (κ1) is 19.3. The van der Waals surface area contributed by atoms with Gasteiger partial charge in [0.05, 0.1) is 17.6 Å². The van der Waals surface area contributed by atoms with E-state index >= 15 is 0 Å². The van der Waals surface area contributed by atoms with E-state index in [0.29, 0.717) is 13.2 Å². The summed E-state index contributed by atoms with van der Waals surface area (Å²) in [6.07, 6.45) is 0. The summed E-state index contributed by atoms with van der Waals surface area (Å²) in [7, 11) is 0. The van der Waals surface area contributed by atoms with Gasteiger partial charge in [0.1, 0.15) is 12.4 Å². The van der Waals surface area contributed by atoms with Crippen LogP contribution in [0.2, 0.25) is 0 Å². The Balaban J connectivity index is 2.40. The summed E-state index contributed by atoms with van der Waals surface area (Å²) in [4.78, 5) is 16.9. The minimum absolute atomic E-state index is 0.0170. The van der Waals surface area contributed by atoms with Gasteiger partial charge in [-0.3, -0.25) is 4.79 Å². The van der Waals surface area contributed by atoms with Gasteiger partial charge in [-0.05, 0) is 32.9 Å². The zero-order valence-electron chi connectivity index (χ0n) is 14.5. The van der Waals surface area contributed by atoms with Crippen molar-refractivity contribution >= 4 is 17.5 Å². The van der Waals surface area contributed by atoms with Crippen LogP contribution in [0.1, 0.15) is 25.6 Å². The Morgan fingerprint density at radius 2 is 2.04 bits per heavy atom. The summed E-state index contributed by atoms with van der Waals surface area (Å²) in [5.74, 6) is -0.739. The molecule has 0 bridgehead atoms. The molecule has 0 spiro atoms. The van der Waals surface area contributed by atoms with Crippen molar-refractivity contribution in [1.29, 1.82) is 0 Å². The summed E-state index contributed by atoms with van der Waals surface area (Å²) >= 11 is 5.89. The first-order valence-corrected chi connectivity index (χ1v) is 8.47. The third-order valence-corrected chi connectivity index (χ3v) is 4.14. The van der Waals surface area contributed by atoms with Gasteiger partial charge in [0, 0.05) is 12.5 Å². The number of carbonyl (C=O) groups excluding carboxylic acids is 1. The Kier molecular flexibility index (Phi) is 6.50. The second-order valence-corrected chi connectivity index (χ2v) is 6.24. The molecule has 0 saturated carbocycles. The molecule has 0 radical (unpaired) electrons. The molecule has 1 aromatic carbocycles. The smallest absolute Gasteiger partial charge is 0.336 e. The number of benzene rings is 1. The zero-order chi connectivity index (χ0) is 18.4. The predicted octanol–water partition coefficient (Wildman–Crippen LogP) is 3.40. The summed E-state index contributed by atoms with van der Waals surface area (Å²) in [5, 5.41) is 4.09. The summed E-state index contributed by atoms with van der Waals surface area (Å²) in [5.41, 5.74) is -0.730. The second-order valence-electron chi connectivity index (χ2n) is 5.98. The normalized spacial score (nSPS) is 11.6. The molecule has 25 heavy (non-hydrogen) atoms. The minimum Gasteiger partial charge on any atom is -0.460 e. The maximum absolute atomic E-state index is 14.2. The Morgan fingerprint density at radius 3 is 2.68 bits per heavy atom. The van der Waals surface area contributed by atoms with E-state index < -0.39 is 17.1 Å². The third kappa shape index (κ3) is 4.55. The van der Waals surface area contributed by atoms with E-state index in [9.17, 15) is 9.18 Å². The molecule has 0 N–H and O–H groups in total. The van der Waals surface area contributed by atoms with E-state index in [-0.39, 0.29) is 29.9 Å². The molecule has 0 unspecified atom stereocenters. The molecule has 0 aliphatic heterocycles. The molecule has 8 heteroatoms. The Morgan fingerprint density at radius 1 is 1.32 bits per heavy atom. The SMILES string of the molecule is CCOCCOc1nc(-c2ccccc2F)n(C(=O)C(C)(C)CCl)n1. The molecule has 1 heterocycles. The average Bonchev–Trinajstić information content (AvgIpc) is 3.02. The number of hydrogen-bond acceptors (Lipinski definition) is 5. The van der Waals surface area contributed by atoms with Gasteiger partial charge >= 0.3 is 6.01 Å². The van der Waals surface area contributed by atoms with Crippen LogP contribution in [-0.4, -0.2) is 46.4 Å². The van der Waals surface area contributed by atoms with Crippen LogP contribution in [0.3, 0.4) is 0 Å². The predicted molar refractivity (Wildman–Crippen MR) is 92.5 cm³/mol. The standard InChI is InChI=1S/C17H21ClFN3O3/c1-4-24-9-10-25-16-20-14(12-7-5-6-8-13(12)19)22(21-16)15(23)17(2,3)11-18/h5-8H,4,9-11H2,1-3H3. The van der Waals surface area contributed by atoms with Crippen molar-refractivity contribution in [2.75, 3.05) is 25.7 Å². The number of aromatic nitrogens is 3. The van der Waals surface area contributed by atoms with Crippen LogP contribution in [0.15, 0.2) is 24.3 Å². The van der Waals surface area contributed by atoms with E-state index in [2.05, 4.69) is 10.1 Å². The van der Waals surface area contributed by atoms with Crippen molar-refractivity contribution in [2.45, 2.75) is 20.8 Å². The van der Waals surface area contributed by atoms with Gasteiger partial charge < -0.3 is 9.47 Å². The van der Waals surface area contributed by atoms with Crippen LogP contribution in [0.5, 0.6) is 6.01 Å². The quantitative estimate of drug-likeness (QED) is 0.527. The van der Waals surface area contributed by atoms with Gasteiger partial charge in [0.2, 0.25) is 0 Å². The molecule has 2 rings (SSSR count). The molecular weight excluding hydrogens is 349 g/mol. The first-order valence-electron chi connectivity index (χ1n) is 7.94. The first-order chi connectivity index (χ1) is 11.9. The average molecular weight is 370 g/mol. The number of alkyl halides is 1.